The van der Waals surface area contributed by atoms with Gasteiger partial charge in [-0.15, -0.1) is 0 Å². The molecule has 0 aromatic carbocycles. The van der Waals surface area contributed by atoms with Gasteiger partial charge in [0, 0.05) is 6.07 Å². The van der Waals surface area contributed by atoms with Crippen LogP contribution in [0.4, 0.5) is 0 Å². The number of aromatic nitrogens is 1. The van der Waals surface area contributed by atoms with E-state index in [-0.39, 0.29) is 0 Å². The summed E-state index contributed by atoms with van der Waals surface area (Å²) in [4.78, 5) is 0. The Bertz CT molecular complexity index is 279. The van der Waals surface area contributed by atoms with Crippen molar-refractivity contribution in [3.05, 3.63) is 17.5 Å². The van der Waals surface area contributed by atoms with Gasteiger partial charge in [-0.25, -0.2) is 0 Å². The van der Waals surface area contributed by atoms with Gasteiger partial charge in [0.1, 0.15) is 5.76 Å². The number of rotatable bonds is 3. The van der Waals surface area contributed by atoms with Crippen LogP contribution in [0.3, 0.4) is 0 Å². The van der Waals surface area contributed by atoms with E-state index in [0.717, 1.165) is 29.1 Å². The summed E-state index contributed by atoms with van der Waals surface area (Å²) in [5, 5.41) is 4.84. The molecule has 1 aliphatic carbocycles. The minimum absolute atomic E-state index is 0.769. The summed E-state index contributed by atoms with van der Waals surface area (Å²) in [5.74, 6) is 1.79. The van der Waals surface area contributed by atoms with Crippen LogP contribution in [0.5, 0.6) is 0 Å². The third-order valence-corrected chi connectivity index (χ3v) is 3.51. The average molecular weight is 258 g/mol. The molecule has 0 amide bonds. The van der Waals surface area contributed by atoms with Crippen LogP contribution in [0.2, 0.25) is 0 Å². The molecule has 0 radical (unpaired) electrons. The van der Waals surface area contributed by atoms with Gasteiger partial charge in [0.25, 0.3) is 0 Å². The highest BCUT2D eigenvalue weighted by Crippen LogP contribution is 2.26. The lowest BCUT2D eigenvalue weighted by Crippen LogP contribution is -2.09. The van der Waals surface area contributed by atoms with Gasteiger partial charge in [0.05, 0.1) is 11.0 Å². The number of nitrogens with zero attached hydrogens (tertiary/aromatic N) is 1. The summed E-state index contributed by atoms with van der Waals surface area (Å²) in [7, 11) is 0. The monoisotopic (exact) mass is 257 g/mol. The molecule has 1 aromatic heterocycles. The molecule has 0 N–H and O–H groups in total. The third kappa shape index (κ3) is 2.59. The molecule has 1 aromatic rings. The van der Waals surface area contributed by atoms with Gasteiger partial charge in [-0.2, -0.15) is 0 Å². The average Bonchev–Trinajstić information content (AvgIpc) is 2.67. The Labute approximate surface area is 93.2 Å². The van der Waals surface area contributed by atoms with E-state index in [1.807, 2.05) is 0 Å². The molecule has 0 atom stereocenters. The topological polar surface area (TPSA) is 26.0 Å². The fourth-order valence-corrected chi connectivity index (χ4v) is 2.47. The zero-order valence-electron chi connectivity index (χ0n) is 8.34. The fourth-order valence-electron chi connectivity index (χ4n) is 2.20. The highest BCUT2D eigenvalue weighted by Gasteiger charge is 2.15. The molecule has 3 heteroatoms. The molecule has 0 bridgehead atoms. The number of alkyl halides is 1. The van der Waals surface area contributed by atoms with Crippen molar-refractivity contribution >= 4 is 15.9 Å². The van der Waals surface area contributed by atoms with E-state index in [1.54, 1.807) is 0 Å². The minimum Gasteiger partial charge on any atom is -0.360 e. The number of hydrogen-bond donors (Lipinski definition) is 0. The summed E-state index contributed by atoms with van der Waals surface area (Å²) >= 11 is 3.36. The summed E-state index contributed by atoms with van der Waals surface area (Å²) < 4.78 is 5.16. The first kappa shape index (κ1) is 10.2. The van der Waals surface area contributed by atoms with Gasteiger partial charge in [-0.1, -0.05) is 53.2 Å². The highest BCUT2D eigenvalue weighted by atomic mass is 79.9. The van der Waals surface area contributed by atoms with E-state index in [0.29, 0.717) is 0 Å². The molecule has 2 rings (SSSR count). The molecule has 14 heavy (non-hydrogen) atoms. The van der Waals surface area contributed by atoms with Gasteiger partial charge in [-0.05, 0) is 12.3 Å². The lowest BCUT2D eigenvalue weighted by atomic mass is 9.86. The second-order valence-electron chi connectivity index (χ2n) is 4.13. The molecular weight excluding hydrogens is 242 g/mol. The largest absolute Gasteiger partial charge is 0.360 e. The third-order valence-electron chi connectivity index (χ3n) is 2.96. The van der Waals surface area contributed by atoms with Gasteiger partial charge in [0.2, 0.25) is 0 Å². The van der Waals surface area contributed by atoms with Crippen LogP contribution >= 0.6 is 15.9 Å². The van der Waals surface area contributed by atoms with E-state index < -0.39 is 0 Å². The molecule has 0 unspecified atom stereocenters. The lowest BCUT2D eigenvalue weighted by molar-refractivity contribution is 0.340. The molecule has 1 heterocycles. The molecule has 1 saturated carbocycles. The second-order valence-corrected chi connectivity index (χ2v) is 4.69. The zero-order valence-corrected chi connectivity index (χ0v) is 9.92. The maximum absolute atomic E-state index is 5.16. The molecule has 0 spiro atoms. The Balaban J connectivity index is 1.89. The first-order valence-electron chi connectivity index (χ1n) is 5.39. The Kier molecular flexibility index (Phi) is 3.62. The van der Waals surface area contributed by atoms with Crippen molar-refractivity contribution in [2.24, 2.45) is 5.92 Å². The van der Waals surface area contributed by atoms with Crippen molar-refractivity contribution in [2.75, 3.05) is 0 Å². The van der Waals surface area contributed by atoms with Crippen LogP contribution in [0.25, 0.3) is 0 Å². The second kappa shape index (κ2) is 4.96. The summed E-state index contributed by atoms with van der Waals surface area (Å²) in [5.41, 5.74) is 1.13. The highest BCUT2D eigenvalue weighted by molar-refractivity contribution is 9.08. The molecular formula is C11H16BrNO. The van der Waals surface area contributed by atoms with Crippen molar-refractivity contribution in [3.8, 4) is 0 Å². The van der Waals surface area contributed by atoms with Gasteiger partial charge in [-0.3, -0.25) is 0 Å². The Hall–Kier alpha value is -0.310. The molecule has 1 aliphatic rings. The molecule has 0 saturated heterocycles. The first-order valence-corrected chi connectivity index (χ1v) is 6.51. The van der Waals surface area contributed by atoms with Crippen LogP contribution in [0, 0.1) is 5.92 Å². The van der Waals surface area contributed by atoms with Crippen LogP contribution in [0.15, 0.2) is 10.6 Å². The Morgan fingerprint density at radius 2 is 2.14 bits per heavy atom. The normalized spacial score (nSPS) is 18.6. The lowest BCUT2D eigenvalue weighted by Gasteiger charge is -2.19. The fraction of sp³-hybridized carbons (Fsp3) is 0.727. The minimum atomic E-state index is 0.769. The Morgan fingerprint density at radius 3 is 2.79 bits per heavy atom. The summed E-state index contributed by atoms with van der Waals surface area (Å²) in [6, 6.07) is 2.07. The van der Waals surface area contributed by atoms with Gasteiger partial charge in [0.15, 0.2) is 0 Å². The number of halogens is 1. The van der Waals surface area contributed by atoms with Crippen LogP contribution in [0.1, 0.15) is 43.6 Å². The standard InChI is InChI=1S/C11H16BrNO/c12-8-11-7-10(13-14-11)6-9-4-2-1-3-5-9/h7,9H,1-6,8H2. The SMILES string of the molecule is BrCc1cc(CC2CCCCC2)no1. The van der Waals surface area contributed by atoms with E-state index in [2.05, 4.69) is 27.2 Å². The Morgan fingerprint density at radius 1 is 1.36 bits per heavy atom. The maximum Gasteiger partial charge on any atom is 0.147 e. The smallest absolute Gasteiger partial charge is 0.147 e. The number of hydrogen-bond acceptors (Lipinski definition) is 2. The first-order chi connectivity index (χ1) is 6.88. The molecule has 78 valence electrons. The quantitative estimate of drug-likeness (QED) is 0.773. The van der Waals surface area contributed by atoms with E-state index >= 15 is 0 Å². The predicted octanol–water partition coefficient (Wildman–Crippen LogP) is 3.69. The molecule has 2 nitrogen and oxygen atoms in total. The van der Waals surface area contributed by atoms with Crippen LogP contribution < -0.4 is 0 Å². The van der Waals surface area contributed by atoms with Crippen molar-refractivity contribution in [2.45, 2.75) is 43.9 Å². The van der Waals surface area contributed by atoms with E-state index in [4.69, 9.17) is 4.52 Å². The van der Waals surface area contributed by atoms with Crippen molar-refractivity contribution in [3.63, 3.8) is 0 Å². The summed E-state index contributed by atoms with van der Waals surface area (Å²) in [6.07, 6.45) is 8.06. The predicted molar refractivity (Wildman–Crippen MR) is 59.4 cm³/mol. The maximum atomic E-state index is 5.16. The molecule has 1 fully saturated rings. The zero-order chi connectivity index (χ0) is 9.80. The summed E-state index contributed by atoms with van der Waals surface area (Å²) in [6.45, 7) is 0. The van der Waals surface area contributed by atoms with E-state index in [1.165, 1.54) is 32.1 Å². The van der Waals surface area contributed by atoms with Crippen molar-refractivity contribution in [1.82, 2.24) is 5.16 Å². The van der Waals surface area contributed by atoms with E-state index in [9.17, 15) is 0 Å². The van der Waals surface area contributed by atoms with Crippen LogP contribution in [-0.2, 0) is 11.8 Å². The van der Waals surface area contributed by atoms with Crippen LogP contribution in [-0.4, -0.2) is 5.16 Å². The van der Waals surface area contributed by atoms with Crippen molar-refractivity contribution < 1.29 is 4.52 Å². The van der Waals surface area contributed by atoms with Gasteiger partial charge >= 0.3 is 0 Å². The molecule has 0 aliphatic heterocycles. The van der Waals surface area contributed by atoms with Gasteiger partial charge < -0.3 is 4.52 Å². The van der Waals surface area contributed by atoms with Crippen molar-refractivity contribution in [1.29, 1.82) is 0 Å².